The van der Waals surface area contributed by atoms with Crippen LogP contribution in [0.4, 0.5) is 22.0 Å². The SMILES string of the molecule is Cc1ccc(C2C(C#N)=C(N)Oc3cc(OC(=O)COc4c(F)c(F)c(F)c(F)c4F)ccc32)o1. The van der Waals surface area contributed by atoms with Crippen LogP contribution in [0.25, 0.3) is 0 Å². The van der Waals surface area contributed by atoms with Crippen LogP contribution in [0.15, 0.2) is 46.2 Å². The summed E-state index contributed by atoms with van der Waals surface area (Å²) in [6, 6.07) is 9.43. The summed E-state index contributed by atoms with van der Waals surface area (Å²) in [6.07, 6.45) is 0. The smallest absolute Gasteiger partial charge is 0.349 e. The van der Waals surface area contributed by atoms with E-state index in [1.807, 2.05) is 6.07 Å². The van der Waals surface area contributed by atoms with E-state index in [2.05, 4.69) is 4.74 Å². The van der Waals surface area contributed by atoms with E-state index < -0.39 is 53.3 Å². The number of allylic oxidation sites excluding steroid dienone is 1. The maximum Gasteiger partial charge on any atom is 0.349 e. The first kappa shape index (κ1) is 23.6. The summed E-state index contributed by atoms with van der Waals surface area (Å²) in [5, 5.41) is 9.53. The van der Waals surface area contributed by atoms with E-state index in [1.54, 1.807) is 19.1 Å². The van der Waals surface area contributed by atoms with Gasteiger partial charge in [0.05, 0.1) is 5.92 Å². The van der Waals surface area contributed by atoms with Crippen molar-refractivity contribution in [3.05, 3.63) is 88.0 Å². The van der Waals surface area contributed by atoms with Gasteiger partial charge >= 0.3 is 5.97 Å². The molecule has 2 heterocycles. The van der Waals surface area contributed by atoms with Crippen molar-refractivity contribution in [3.63, 3.8) is 0 Å². The predicted molar refractivity (Wildman–Crippen MR) is 107 cm³/mol. The number of nitriles is 1. The Morgan fingerprint density at radius 2 is 1.71 bits per heavy atom. The van der Waals surface area contributed by atoms with Crippen LogP contribution in [-0.2, 0) is 4.79 Å². The molecule has 1 aliphatic heterocycles. The van der Waals surface area contributed by atoms with Crippen molar-refractivity contribution in [1.29, 1.82) is 5.26 Å². The zero-order chi connectivity index (χ0) is 25.4. The largest absolute Gasteiger partial charge is 0.476 e. The summed E-state index contributed by atoms with van der Waals surface area (Å²) >= 11 is 0. The van der Waals surface area contributed by atoms with E-state index in [9.17, 15) is 32.0 Å². The number of esters is 1. The maximum atomic E-state index is 13.7. The summed E-state index contributed by atoms with van der Waals surface area (Å²) in [5.74, 6) is -13.9. The summed E-state index contributed by atoms with van der Waals surface area (Å²) in [5.41, 5.74) is 6.45. The average Bonchev–Trinajstić information content (AvgIpc) is 3.26. The van der Waals surface area contributed by atoms with Crippen molar-refractivity contribution in [2.24, 2.45) is 5.73 Å². The molecule has 1 unspecified atom stereocenters. The molecule has 1 aromatic heterocycles. The van der Waals surface area contributed by atoms with Crippen LogP contribution in [0.3, 0.4) is 0 Å². The lowest BCUT2D eigenvalue weighted by atomic mass is 9.87. The predicted octanol–water partition coefficient (Wildman–Crippen LogP) is 4.49. The molecule has 12 heteroatoms. The molecule has 0 aliphatic carbocycles. The number of carbonyl (C=O) groups excluding carboxylic acids is 1. The van der Waals surface area contributed by atoms with E-state index in [1.165, 1.54) is 18.2 Å². The van der Waals surface area contributed by atoms with Crippen LogP contribution in [0.1, 0.15) is 23.0 Å². The lowest BCUT2D eigenvalue weighted by Crippen LogP contribution is -2.22. The van der Waals surface area contributed by atoms with Crippen molar-refractivity contribution in [1.82, 2.24) is 0 Å². The minimum atomic E-state index is -2.36. The summed E-state index contributed by atoms with van der Waals surface area (Å²) in [6.45, 7) is 0.547. The Kier molecular flexibility index (Phi) is 6.09. The number of halogens is 5. The number of aryl methyl sites for hydroxylation is 1. The topological polar surface area (TPSA) is 108 Å². The number of hydrogen-bond acceptors (Lipinski definition) is 7. The second kappa shape index (κ2) is 9.02. The van der Waals surface area contributed by atoms with Gasteiger partial charge in [0.15, 0.2) is 12.4 Å². The number of ether oxygens (including phenoxy) is 3. The molecule has 7 nitrogen and oxygen atoms in total. The molecule has 0 saturated carbocycles. The molecule has 1 aliphatic rings. The highest BCUT2D eigenvalue weighted by atomic mass is 19.2. The van der Waals surface area contributed by atoms with Crippen LogP contribution < -0.4 is 19.9 Å². The van der Waals surface area contributed by atoms with Gasteiger partial charge in [0.1, 0.15) is 34.7 Å². The third-order valence-electron chi connectivity index (χ3n) is 4.97. The summed E-state index contributed by atoms with van der Waals surface area (Å²) < 4.78 is 87.6. The van der Waals surface area contributed by atoms with Gasteiger partial charge in [-0.25, -0.2) is 18.0 Å². The Hall–Kier alpha value is -4.53. The van der Waals surface area contributed by atoms with Crippen LogP contribution in [0.5, 0.6) is 17.2 Å². The Morgan fingerprint density at radius 1 is 1.06 bits per heavy atom. The molecule has 0 spiro atoms. The minimum Gasteiger partial charge on any atom is -0.476 e. The standard InChI is InChI=1S/C23H13F5N2O5/c1-9-2-5-13(33-9)16-11-4-3-10(6-14(11)35-23(30)12(16)7-29)34-15(31)8-32-22-20(27)18(25)17(24)19(26)21(22)28/h2-6,16H,8,30H2,1H3. The highest BCUT2D eigenvalue weighted by Gasteiger charge is 2.33. The van der Waals surface area contributed by atoms with E-state index >= 15 is 0 Å². The number of furan rings is 1. The van der Waals surface area contributed by atoms with Crippen LogP contribution in [0.2, 0.25) is 0 Å². The first-order valence-corrected chi connectivity index (χ1v) is 9.75. The molecule has 0 radical (unpaired) electrons. The molecule has 1 atom stereocenters. The Balaban J connectivity index is 1.54. The molecule has 2 aromatic carbocycles. The van der Waals surface area contributed by atoms with Gasteiger partial charge in [-0.1, -0.05) is 6.07 Å². The third kappa shape index (κ3) is 4.23. The molecule has 2 N–H and O–H groups in total. The van der Waals surface area contributed by atoms with Gasteiger partial charge in [-0.05, 0) is 25.1 Å². The molecule has 3 aromatic rings. The Bertz CT molecular complexity index is 1400. The van der Waals surface area contributed by atoms with Crippen molar-refractivity contribution < 1.29 is 45.4 Å². The average molecular weight is 492 g/mol. The second-order valence-corrected chi connectivity index (χ2v) is 7.23. The number of benzene rings is 2. The van der Waals surface area contributed by atoms with Gasteiger partial charge in [-0.3, -0.25) is 0 Å². The first-order valence-electron chi connectivity index (χ1n) is 9.75. The molecule has 0 fully saturated rings. The van der Waals surface area contributed by atoms with Crippen LogP contribution in [0, 0.1) is 47.3 Å². The minimum absolute atomic E-state index is 0.104. The van der Waals surface area contributed by atoms with Crippen LogP contribution >= 0.6 is 0 Å². The molecule has 180 valence electrons. The van der Waals surface area contributed by atoms with E-state index in [0.29, 0.717) is 17.1 Å². The van der Waals surface area contributed by atoms with Gasteiger partial charge in [-0.2, -0.15) is 14.0 Å². The van der Waals surface area contributed by atoms with E-state index in [4.69, 9.17) is 19.6 Å². The fourth-order valence-corrected chi connectivity index (χ4v) is 3.40. The summed E-state index contributed by atoms with van der Waals surface area (Å²) in [4.78, 5) is 12.1. The Morgan fingerprint density at radius 3 is 2.31 bits per heavy atom. The highest BCUT2D eigenvalue weighted by molar-refractivity contribution is 5.74. The molecule has 0 saturated heterocycles. The molecule has 4 rings (SSSR count). The second-order valence-electron chi connectivity index (χ2n) is 7.23. The molecule has 0 bridgehead atoms. The van der Waals surface area contributed by atoms with Crippen molar-refractivity contribution in [2.75, 3.05) is 6.61 Å². The van der Waals surface area contributed by atoms with Crippen molar-refractivity contribution in [3.8, 4) is 23.3 Å². The number of nitrogens with two attached hydrogens (primary N) is 1. The van der Waals surface area contributed by atoms with Gasteiger partial charge in [0.2, 0.25) is 35.0 Å². The number of carbonyl (C=O) groups is 1. The maximum absolute atomic E-state index is 13.7. The quantitative estimate of drug-likeness (QED) is 0.184. The zero-order valence-electron chi connectivity index (χ0n) is 17.6. The van der Waals surface area contributed by atoms with Gasteiger partial charge in [-0.15, -0.1) is 0 Å². The van der Waals surface area contributed by atoms with Crippen molar-refractivity contribution in [2.45, 2.75) is 12.8 Å². The number of fused-ring (bicyclic) bond motifs is 1. The molecular weight excluding hydrogens is 479 g/mol. The normalized spacial score (nSPS) is 14.7. The van der Waals surface area contributed by atoms with Gasteiger partial charge in [0, 0.05) is 11.6 Å². The number of nitrogens with zero attached hydrogens (tertiary/aromatic N) is 1. The van der Waals surface area contributed by atoms with Gasteiger partial charge < -0.3 is 24.4 Å². The lowest BCUT2D eigenvalue weighted by molar-refractivity contribution is -0.136. The molecule has 0 amide bonds. The number of rotatable bonds is 5. The fourth-order valence-electron chi connectivity index (χ4n) is 3.40. The number of hydrogen-bond donors (Lipinski definition) is 1. The molecular formula is C23H13F5N2O5. The summed E-state index contributed by atoms with van der Waals surface area (Å²) in [7, 11) is 0. The fraction of sp³-hybridized carbons (Fsp3) is 0.130. The monoisotopic (exact) mass is 492 g/mol. The van der Waals surface area contributed by atoms with Crippen LogP contribution in [-0.4, -0.2) is 12.6 Å². The first-order chi connectivity index (χ1) is 16.6. The Labute approximate surface area is 193 Å². The zero-order valence-corrected chi connectivity index (χ0v) is 17.6. The van der Waals surface area contributed by atoms with Gasteiger partial charge in [0.25, 0.3) is 0 Å². The third-order valence-corrected chi connectivity index (χ3v) is 4.97. The lowest BCUT2D eigenvalue weighted by Gasteiger charge is -2.25. The highest BCUT2D eigenvalue weighted by Crippen LogP contribution is 2.43. The molecule has 35 heavy (non-hydrogen) atoms. The van der Waals surface area contributed by atoms with E-state index in [-0.39, 0.29) is 23.0 Å². The van der Waals surface area contributed by atoms with Crippen molar-refractivity contribution >= 4 is 5.97 Å². The van der Waals surface area contributed by atoms with E-state index in [0.717, 1.165) is 0 Å².